The average Bonchev–Trinajstić information content (AvgIpc) is 2.65. The predicted octanol–water partition coefficient (Wildman–Crippen LogP) is 4.87. The number of carbonyl (C=O) groups excluding carboxylic acids is 1. The zero-order valence-corrected chi connectivity index (χ0v) is 15.5. The molecule has 0 saturated carbocycles. The van der Waals surface area contributed by atoms with Crippen LogP contribution in [0.5, 0.6) is 0 Å². The first-order valence-corrected chi connectivity index (χ1v) is 8.59. The number of para-hydroxylation sites is 1. The maximum atomic E-state index is 12.7. The third-order valence-electron chi connectivity index (χ3n) is 4.25. The molecule has 134 valence electrons. The fourth-order valence-corrected chi connectivity index (χ4v) is 3.03. The lowest BCUT2D eigenvalue weighted by atomic mass is 10.0. The summed E-state index contributed by atoms with van der Waals surface area (Å²) in [7, 11) is 0. The maximum Gasteiger partial charge on any atom is 0.255 e. The lowest BCUT2D eigenvalue weighted by Gasteiger charge is -2.13. The van der Waals surface area contributed by atoms with Crippen LogP contribution < -0.4 is 10.6 Å². The molecular weight excluding hydrogens is 336 g/mol. The number of rotatable bonds is 4. The summed E-state index contributed by atoms with van der Waals surface area (Å²) in [4.78, 5) is 17.0. The van der Waals surface area contributed by atoms with Gasteiger partial charge in [0.25, 0.3) is 5.91 Å². The van der Waals surface area contributed by atoms with Gasteiger partial charge in [-0.05, 0) is 56.2 Å². The van der Waals surface area contributed by atoms with Crippen LogP contribution in [-0.2, 0) is 0 Å². The Kier molecular flexibility index (Phi) is 5.18. The van der Waals surface area contributed by atoms with Crippen molar-refractivity contribution in [2.75, 3.05) is 10.6 Å². The number of pyridine rings is 1. The first kappa shape index (κ1) is 18.2. The molecule has 5 heteroatoms. The molecule has 1 heterocycles. The first-order chi connectivity index (χ1) is 13.0. The van der Waals surface area contributed by atoms with Crippen LogP contribution in [0.15, 0.2) is 54.7 Å². The highest BCUT2D eigenvalue weighted by atomic mass is 16.1. The Balaban J connectivity index is 1.83. The fraction of sp³-hybridized carbons (Fsp3) is 0.136. The van der Waals surface area contributed by atoms with Crippen molar-refractivity contribution in [2.24, 2.45) is 0 Å². The molecule has 0 aliphatic carbocycles. The number of aromatic nitrogens is 1. The van der Waals surface area contributed by atoms with Crippen LogP contribution in [0.25, 0.3) is 0 Å². The molecule has 0 saturated heterocycles. The number of aryl methyl sites for hydroxylation is 3. The van der Waals surface area contributed by atoms with Crippen molar-refractivity contribution in [3.05, 3.63) is 82.5 Å². The molecule has 0 aliphatic rings. The van der Waals surface area contributed by atoms with E-state index in [0.717, 1.165) is 22.4 Å². The summed E-state index contributed by atoms with van der Waals surface area (Å²) in [6, 6.07) is 16.7. The third-order valence-corrected chi connectivity index (χ3v) is 4.25. The smallest absolute Gasteiger partial charge is 0.255 e. The Morgan fingerprint density at radius 1 is 1.04 bits per heavy atom. The lowest BCUT2D eigenvalue weighted by molar-refractivity contribution is 0.102. The lowest BCUT2D eigenvalue weighted by Crippen LogP contribution is -2.14. The summed E-state index contributed by atoms with van der Waals surface area (Å²) >= 11 is 0. The maximum absolute atomic E-state index is 12.7. The molecule has 0 fully saturated rings. The molecule has 2 N–H and O–H groups in total. The Bertz CT molecular complexity index is 1030. The van der Waals surface area contributed by atoms with Crippen LogP contribution in [-0.4, -0.2) is 10.9 Å². The summed E-state index contributed by atoms with van der Waals surface area (Å²) in [5.41, 5.74) is 5.69. The second-order valence-electron chi connectivity index (χ2n) is 6.44. The number of benzene rings is 2. The van der Waals surface area contributed by atoms with E-state index in [2.05, 4.69) is 21.7 Å². The van der Waals surface area contributed by atoms with Crippen molar-refractivity contribution >= 4 is 23.1 Å². The second-order valence-corrected chi connectivity index (χ2v) is 6.44. The number of anilines is 3. The van der Waals surface area contributed by atoms with Gasteiger partial charge in [0.05, 0.1) is 11.3 Å². The highest BCUT2D eigenvalue weighted by Crippen LogP contribution is 2.23. The van der Waals surface area contributed by atoms with Crippen LogP contribution in [0.3, 0.4) is 0 Å². The van der Waals surface area contributed by atoms with Gasteiger partial charge in [-0.2, -0.15) is 5.26 Å². The van der Waals surface area contributed by atoms with Crippen LogP contribution in [0.2, 0.25) is 0 Å². The average molecular weight is 356 g/mol. The van der Waals surface area contributed by atoms with Crippen molar-refractivity contribution in [3.63, 3.8) is 0 Å². The zero-order chi connectivity index (χ0) is 19.4. The number of hydrogen-bond donors (Lipinski definition) is 2. The number of nitrogens with one attached hydrogen (secondary N) is 2. The van der Waals surface area contributed by atoms with E-state index in [-0.39, 0.29) is 5.91 Å². The van der Waals surface area contributed by atoms with Gasteiger partial charge in [0.2, 0.25) is 0 Å². The minimum Gasteiger partial charge on any atom is -0.339 e. The van der Waals surface area contributed by atoms with Gasteiger partial charge >= 0.3 is 0 Å². The third kappa shape index (κ3) is 4.13. The number of amides is 1. The van der Waals surface area contributed by atoms with Crippen LogP contribution in [0.4, 0.5) is 17.2 Å². The summed E-state index contributed by atoms with van der Waals surface area (Å²) in [6.07, 6.45) is 1.57. The molecule has 0 bridgehead atoms. The highest BCUT2D eigenvalue weighted by molar-refractivity contribution is 6.05. The monoisotopic (exact) mass is 356 g/mol. The van der Waals surface area contributed by atoms with E-state index in [1.54, 1.807) is 36.5 Å². The molecule has 1 aromatic heterocycles. The summed E-state index contributed by atoms with van der Waals surface area (Å²) in [6.45, 7) is 5.99. The number of nitriles is 1. The number of hydrogen-bond acceptors (Lipinski definition) is 4. The molecule has 1 amide bonds. The van der Waals surface area contributed by atoms with Crippen molar-refractivity contribution in [1.29, 1.82) is 5.26 Å². The molecule has 0 atom stereocenters. The van der Waals surface area contributed by atoms with E-state index >= 15 is 0 Å². The Morgan fingerprint density at radius 2 is 1.74 bits per heavy atom. The topological polar surface area (TPSA) is 77.8 Å². The summed E-state index contributed by atoms with van der Waals surface area (Å²) in [5, 5.41) is 15.3. The van der Waals surface area contributed by atoms with Crippen LogP contribution in [0, 0.1) is 32.1 Å². The van der Waals surface area contributed by atoms with E-state index < -0.39 is 0 Å². The van der Waals surface area contributed by atoms with Crippen LogP contribution >= 0.6 is 0 Å². The van der Waals surface area contributed by atoms with E-state index in [9.17, 15) is 10.1 Å². The molecule has 0 spiro atoms. The van der Waals surface area contributed by atoms with Gasteiger partial charge < -0.3 is 10.6 Å². The molecule has 3 rings (SSSR count). The van der Waals surface area contributed by atoms with Crippen molar-refractivity contribution in [3.8, 4) is 6.07 Å². The Morgan fingerprint density at radius 3 is 2.44 bits per heavy atom. The Labute approximate surface area is 158 Å². The van der Waals surface area contributed by atoms with Gasteiger partial charge in [0, 0.05) is 17.4 Å². The standard InChI is InChI=1S/C22H20N4O/c1-14-10-15(2)21(16(3)11-14)26-22(27)17-8-9-24-20(12-17)25-19-7-5-4-6-18(19)13-23/h4-12H,1-3H3,(H,24,25)(H,26,27). The summed E-state index contributed by atoms with van der Waals surface area (Å²) in [5.74, 6) is 0.298. The van der Waals surface area contributed by atoms with Gasteiger partial charge in [-0.25, -0.2) is 4.98 Å². The van der Waals surface area contributed by atoms with Crippen molar-refractivity contribution < 1.29 is 4.79 Å². The van der Waals surface area contributed by atoms with Crippen molar-refractivity contribution in [1.82, 2.24) is 4.98 Å². The van der Waals surface area contributed by atoms with Gasteiger partial charge in [0.1, 0.15) is 11.9 Å². The minimum atomic E-state index is -0.205. The number of nitrogens with zero attached hydrogens (tertiary/aromatic N) is 2. The number of carbonyl (C=O) groups is 1. The van der Waals surface area contributed by atoms with E-state index in [0.29, 0.717) is 22.6 Å². The quantitative estimate of drug-likeness (QED) is 0.699. The van der Waals surface area contributed by atoms with Gasteiger partial charge in [-0.15, -0.1) is 0 Å². The fourth-order valence-electron chi connectivity index (χ4n) is 3.03. The summed E-state index contributed by atoms with van der Waals surface area (Å²) < 4.78 is 0. The second kappa shape index (κ2) is 7.71. The highest BCUT2D eigenvalue weighted by Gasteiger charge is 2.12. The first-order valence-electron chi connectivity index (χ1n) is 8.59. The van der Waals surface area contributed by atoms with Gasteiger partial charge in [-0.3, -0.25) is 4.79 Å². The van der Waals surface area contributed by atoms with E-state index in [1.165, 1.54) is 0 Å². The van der Waals surface area contributed by atoms with Crippen molar-refractivity contribution in [2.45, 2.75) is 20.8 Å². The minimum absolute atomic E-state index is 0.205. The van der Waals surface area contributed by atoms with Gasteiger partial charge in [-0.1, -0.05) is 29.8 Å². The van der Waals surface area contributed by atoms with Crippen LogP contribution in [0.1, 0.15) is 32.6 Å². The molecule has 27 heavy (non-hydrogen) atoms. The normalized spacial score (nSPS) is 10.1. The largest absolute Gasteiger partial charge is 0.339 e. The molecule has 5 nitrogen and oxygen atoms in total. The predicted molar refractivity (Wildman–Crippen MR) is 107 cm³/mol. The van der Waals surface area contributed by atoms with E-state index in [1.807, 2.05) is 39.0 Å². The molecule has 0 aliphatic heterocycles. The molecule has 0 radical (unpaired) electrons. The van der Waals surface area contributed by atoms with Gasteiger partial charge in [0.15, 0.2) is 0 Å². The molecule has 0 unspecified atom stereocenters. The van der Waals surface area contributed by atoms with E-state index in [4.69, 9.17) is 0 Å². The Hall–Kier alpha value is -3.65. The molecule has 2 aromatic carbocycles. The SMILES string of the molecule is Cc1cc(C)c(NC(=O)c2ccnc(Nc3ccccc3C#N)c2)c(C)c1. The molecule has 3 aromatic rings. The molecular formula is C22H20N4O. The zero-order valence-electron chi connectivity index (χ0n) is 15.5.